The summed E-state index contributed by atoms with van der Waals surface area (Å²) in [4.78, 5) is 43.2. The normalized spacial score (nSPS) is 18.1. The number of hydrogen-bond acceptors (Lipinski definition) is 7. The van der Waals surface area contributed by atoms with Crippen LogP contribution in [-0.2, 0) is 19.1 Å². The third-order valence-corrected chi connectivity index (χ3v) is 7.93. The van der Waals surface area contributed by atoms with Gasteiger partial charge in [0.1, 0.15) is 22.9 Å². The second-order valence-corrected chi connectivity index (χ2v) is 10.9. The third-order valence-electron chi connectivity index (χ3n) is 6.62. The quantitative estimate of drug-likeness (QED) is 0.290. The first-order valence-electron chi connectivity index (χ1n) is 13.2. The van der Waals surface area contributed by atoms with Crippen molar-refractivity contribution in [1.29, 1.82) is 0 Å². The van der Waals surface area contributed by atoms with Gasteiger partial charge in [-0.1, -0.05) is 78.9 Å². The van der Waals surface area contributed by atoms with E-state index in [1.54, 1.807) is 12.1 Å². The number of nitrogens with zero attached hydrogens (tertiary/aromatic N) is 2. The van der Waals surface area contributed by atoms with E-state index in [0.29, 0.717) is 17.1 Å². The van der Waals surface area contributed by atoms with E-state index in [1.807, 2.05) is 110 Å². The van der Waals surface area contributed by atoms with Gasteiger partial charge in [0.15, 0.2) is 12.7 Å². The summed E-state index contributed by atoms with van der Waals surface area (Å²) in [6.45, 7) is -0.220. The van der Waals surface area contributed by atoms with E-state index in [1.165, 1.54) is 16.7 Å². The maximum Gasteiger partial charge on any atom is 0.356 e. The fraction of sp³-hybridized carbons (Fsp3) is 0.219. The van der Waals surface area contributed by atoms with E-state index < -0.39 is 29.4 Å². The van der Waals surface area contributed by atoms with E-state index in [-0.39, 0.29) is 18.2 Å². The van der Waals surface area contributed by atoms with Crippen molar-refractivity contribution >= 4 is 29.5 Å². The molecule has 3 aromatic rings. The summed E-state index contributed by atoms with van der Waals surface area (Å²) in [6.07, 6.45) is 3.00. The van der Waals surface area contributed by atoms with Crippen molar-refractivity contribution in [1.82, 2.24) is 15.1 Å². The zero-order valence-electron chi connectivity index (χ0n) is 22.8. The fourth-order valence-electron chi connectivity index (χ4n) is 4.63. The van der Waals surface area contributed by atoms with E-state index in [2.05, 4.69) is 5.32 Å². The van der Waals surface area contributed by atoms with Crippen LogP contribution in [0.4, 0.5) is 0 Å². The van der Waals surface area contributed by atoms with Crippen LogP contribution in [0.5, 0.6) is 5.75 Å². The number of thioether (sulfide) groups is 1. The average molecular weight is 570 g/mol. The molecule has 0 bridgehead atoms. The molecule has 0 aromatic heterocycles. The molecule has 210 valence electrons. The lowest BCUT2D eigenvalue weighted by molar-refractivity contribution is -0.154. The van der Waals surface area contributed by atoms with Gasteiger partial charge in [-0.05, 0) is 41.1 Å². The van der Waals surface area contributed by atoms with Crippen LogP contribution >= 0.6 is 11.8 Å². The summed E-state index contributed by atoms with van der Waals surface area (Å²) in [6, 6.07) is 27.2. The highest BCUT2D eigenvalue weighted by Crippen LogP contribution is 2.42. The Labute approximate surface area is 243 Å². The molecular formula is C32H31N3O5S. The van der Waals surface area contributed by atoms with Gasteiger partial charge < -0.3 is 19.7 Å². The van der Waals surface area contributed by atoms with Crippen molar-refractivity contribution in [2.75, 3.05) is 26.5 Å². The van der Waals surface area contributed by atoms with Crippen LogP contribution in [0.25, 0.3) is 0 Å². The summed E-state index contributed by atoms with van der Waals surface area (Å²) in [5, 5.41) is 2.34. The first-order valence-corrected chi connectivity index (χ1v) is 14.3. The Hall–Kier alpha value is -4.50. The Balaban J connectivity index is 1.37. The molecule has 0 aliphatic carbocycles. The van der Waals surface area contributed by atoms with E-state index in [9.17, 15) is 14.4 Å². The van der Waals surface area contributed by atoms with Gasteiger partial charge in [-0.25, -0.2) is 4.79 Å². The number of ether oxygens (including phenoxy) is 2. The lowest BCUT2D eigenvalue weighted by Gasteiger charge is -2.49. The SMILES string of the molecule is CN(C)C=CC1=C(C(=O)OC(c2ccccc2)c2ccccc2)N2C(=O)C(NC(=O)COc3ccccc3)C2SC1. The van der Waals surface area contributed by atoms with Crippen molar-refractivity contribution in [2.24, 2.45) is 0 Å². The molecule has 8 nitrogen and oxygen atoms in total. The van der Waals surface area contributed by atoms with Crippen LogP contribution in [0.3, 0.4) is 0 Å². The fourth-order valence-corrected chi connectivity index (χ4v) is 5.95. The van der Waals surface area contributed by atoms with E-state index >= 15 is 0 Å². The zero-order valence-corrected chi connectivity index (χ0v) is 23.6. The minimum atomic E-state index is -0.770. The number of hydrogen-bond donors (Lipinski definition) is 1. The van der Waals surface area contributed by atoms with Crippen LogP contribution in [0.1, 0.15) is 17.2 Å². The molecule has 0 saturated carbocycles. The monoisotopic (exact) mass is 569 g/mol. The molecule has 0 spiro atoms. The average Bonchev–Trinajstić information content (AvgIpc) is 3.01. The Morgan fingerprint density at radius 2 is 1.56 bits per heavy atom. The summed E-state index contributed by atoms with van der Waals surface area (Å²) in [5.74, 6) is -0.344. The maximum absolute atomic E-state index is 13.9. The summed E-state index contributed by atoms with van der Waals surface area (Å²) in [5.41, 5.74) is 2.51. The summed E-state index contributed by atoms with van der Waals surface area (Å²) in [7, 11) is 3.76. The number of carbonyl (C=O) groups is 3. The Bertz CT molecular complexity index is 1400. The Morgan fingerprint density at radius 3 is 2.15 bits per heavy atom. The maximum atomic E-state index is 13.9. The van der Waals surface area contributed by atoms with Crippen LogP contribution in [0.2, 0.25) is 0 Å². The molecule has 2 heterocycles. The lowest BCUT2D eigenvalue weighted by atomic mass is 10.0. The van der Waals surface area contributed by atoms with Crippen molar-refractivity contribution in [3.8, 4) is 5.75 Å². The van der Waals surface area contributed by atoms with E-state index in [4.69, 9.17) is 9.47 Å². The molecule has 5 rings (SSSR count). The number of β-lactam (4-membered cyclic amide) rings is 1. The Morgan fingerprint density at radius 1 is 0.976 bits per heavy atom. The largest absolute Gasteiger partial charge is 0.484 e. The molecule has 3 aromatic carbocycles. The second-order valence-electron chi connectivity index (χ2n) is 9.82. The van der Waals surface area contributed by atoms with Crippen molar-refractivity contribution in [3.63, 3.8) is 0 Å². The van der Waals surface area contributed by atoms with Crippen LogP contribution in [0.15, 0.2) is 115 Å². The van der Waals surface area contributed by atoms with Crippen LogP contribution in [-0.4, -0.2) is 65.5 Å². The van der Waals surface area contributed by atoms with Crippen molar-refractivity contribution < 1.29 is 23.9 Å². The first kappa shape index (κ1) is 28.0. The predicted octanol–water partition coefficient (Wildman–Crippen LogP) is 4.13. The smallest absolute Gasteiger partial charge is 0.356 e. The molecule has 2 aliphatic heterocycles. The summed E-state index contributed by atoms with van der Waals surface area (Å²) >= 11 is 1.49. The van der Waals surface area contributed by atoms with Gasteiger partial charge in [0.25, 0.3) is 11.8 Å². The number of nitrogens with one attached hydrogen (secondary N) is 1. The molecule has 41 heavy (non-hydrogen) atoms. The molecule has 1 N–H and O–H groups in total. The number of esters is 1. The highest BCUT2D eigenvalue weighted by atomic mass is 32.2. The molecule has 2 aliphatic rings. The zero-order chi connectivity index (χ0) is 28.8. The molecule has 0 radical (unpaired) electrons. The van der Waals surface area contributed by atoms with E-state index in [0.717, 1.165) is 11.1 Å². The van der Waals surface area contributed by atoms with Crippen molar-refractivity contribution in [3.05, 3.63) is 126 Å². The standard InChI is InChI=1S/C32H31N3O5S/c1-34(2)19-18-24-21-41-31-27(33-26(36)20-39-25-16-10-5-11-17-25)30(37)35(31)28(24)32(38)40-29(22-12-6-3-7-13-22)23-14-8-4-9-15-23/h3-19,27,29,31H,20-21H2,1-2H3,(H,33,36). The molecule has 2 unspecified atom stereocenters. The van der Waals surface area contributed by atoms with Crippen LogP contribution in [0, 0.1) is 0 Å². The number of benzene rings is 3. The number of fused-ring (bicyclic) bond motifs is 1. The number of allylic oxidation sites excluding steroid dienone is 1. The van der Waals surface area contributed by atoms with Gasteiger partial charge in [0, 0.05) is 19.8 Å². The molecule has 2 atom stereocenters. The summed E-state index contributed by atoms with van der Waals surface area (Å²) < 4.78 is 11.7. The van der Waals surface area contributed by atoms with Gasteiger partial charge in [-0.15, -0.1) is 11.8 Å². The van der Waals surface area contributed by atoms with Gasteiger partial charge >= 0.3 is 5.97 Å². The molecule has 1 fully saturated rings. The van der Waals surface area contributed by atoms with Gasteiger partial charge in [-0.3, -0.25) is 14.5 Å². The van der Waals surface area contributed by atoms with Gasteiger partial charge in [0.05, 0.1) is 0 Å². The Kier molecular flexibility index (Phi) is 8.74. The molecule has 9 heteroatoms. The van der Waals surface area contributed by atoms with Gasteiger partial charge in [-0.2, -0.15) is 0 Å². The molecule has 2 amide bonds. The second kappa shape index (κ2) is 12.8. The lowest BCUT2D eigenvalue weighted by Crippen LogP contribution is -2.70. The number of para-hydroxylation sites is 1. The predicted molar refractivity (Wildman–Crippen MR) is 158 cm³/mol. The molecule has 1 saturated heterocycles. The first-order chi connectivity index (χ1) is 19.9. The van der Waals surface area contributed by atoms with Crippen LogP contribution < -0.4 is 10.1 Å². The van der Waals surface area contributed by atoms with Gasteiger partial charge in [0.2, 0.25) is 0 Å². The third kappa shape index (κ3) is 6.47. The minimum absolute atomic E-state index is 0.194. The highest BCUT2D eigenvalue weighted by molar-refractivity contribution is 8.00. The number of amides is 2. The number of rotatable bonds is 10. The minimum Gasteiger partial charge on any atom is -0.484 e. The highest BCUT2D eigenvalue weighted by Gasteiger charge is 2.54. The topological polar surface area (TPSA) is 88.2 Å². The van der Waals surface area contributed by atoms with Crippen molar-refractivity contribution in [2.45, 2.75) is 17.5 Å². The number of carbonyl (C=O) groups excluding carboxylic acids is 3. The molecular weight excluding hydrogens is 538 g/mol.